The quantitative estimate of drug-likeness (QED) is 0.863. The van der Waals surface area contributed by atoms with Gasteiger partial charge >= 0.3 is 0 Å². The van der Waals surface area contributed by atoms with Crippen LogP contribution in [-0.2, 0) is 13.0 Å². The highest BCUT2D eigenvalue weighted by Gasteiger charge is 2.33. The number of carbonyl (C=O) groups is 1. The van der Waals surface area contributed by atoms with E-state index in [9.17, 15) is 14.0 Å². The molecule has 29 heavy (non-hydrogen) atoms. The van der Waals surface area contributed by atoms with Gasteiger partial charge in [0.05, 0.1) is 17.3 Å². The number of likely N-dealkylation sites (tertiary alicyclic amines) is 1. The van der Waals surface area contributed by atoms with E-state index in [-0.39, 0.29) is 23.1 Å². The molecule has 154 valence electrons. The molecule has 1 fully saturated rings. The van der Waals surface area contributed by atoms with Gasteiger partial charge in [-0.3, -0.25) is 14.5 Å². The number of hydrogen-bond donors (Lipinski definition) is 1. The van der Waals surface area contributed by atoms with Crippen molar-refractivity contribution in [2.75, 3.05) is 13.1 Å². The number of benzene rings is 1. The van der Waals surface area contributed by atoms with Crippen molar-refractivity contribution < 1.29 is 9.18 Å². The Morgan fingerprint density at radius 2 is 2.03 bits per heavy atom. The maximum atomic E-state index is 14.2. The summed E-state index contributed by atoms with van der Waals surface area (Å²) in [6, 6.07) is 6.07. The van der Waals surface area contributed by atoms with Crippen LogP contribution in [0.25, 0.3) is 0 Å². The fraction of sp³-hybridized carbons (Fsp3) is 0.500. The van der Waals surface area contributed by atoms with Crippen LogP contribution < -0.4 is 5.56 Å². The third-order valence-corrected chi connectivity index (χ3v) is 6.04. The number of nitrogens with one attached hydrogen (secondary N) is 1. The Balaban J connectivity index is 1.68. The largest absolute Gasteiger partial charge is 0.328 e. The smallest absolute Gasteiger partial charge is 0.257 e. The van der Waals surface area contributed by atoms with E-state index >= 15 is 0 Å². The van der Waals surface area contributed by atoms with Crippen LogP contribution in [-0.4, -0.2) is 44.8 Å². The fourth-order valence-corrected chi connectivity index (χ4v) is 4.33. The summed E-state index contributed by atoms with van der Waals surface area (Å²) in [5.41, 5.74) is 1.49. The average molecular weight is 398 g/mol. The molecule has 6 nitrogen and oxygen atoms in total. The number of aromatic amines is 1. The molecule has 1 atom stereocenters. The first-order valence-corrected chi connectivity index (χ1v) is 10.4. The van der Waals surface area contributed by atoms with Gasteiger partial charge in [-0.1, -0.05) is 12.1 Å². The van der Waals surface area contributed by atoms with Crippen molar-refractivity contribution >= 4 is 5.91 Å². The molecule has 2 aliphatic rings. The minimum Gasteiger partial charge on any atom is -0.328 e. The minimum absolute atomic E-state index is 0.0608. The van der Waals surface area contributed by atoms with E-state index < -0.39 is 5.82 Å². The topological polar surface area (TPSA) is 69.3 Å². The summed E-state index contributed by atoms with van der Waals surface area (Å²) in [4.78, 5) is 37.5. The lowest BCUT2D eigenvalue weighted by molar-refractivity contribution is 0.0593. The molecule has 2 aromatic rings. The van der Waals surface area contributed by atoms with Crippen LogP contribution in [0.5, 0.6) is 0 Å². The second-order valence-corrected chi connectivity index (χ2v) is 8.18. The van der Waals surface area contributed by atoms with Crippen molar-refractivity contribution in [2.24, 2.45) is 0 Å². The van der Waals surface area contributed by atoms with Crippen LogP contribution in [0.4, 0.5) is 4.39 Å². The highest BCUT2D eigenvalue weighted by atomic mass is 19.1. The average Bonchev–Trinajstić information content (AvgIpc) is 2.73. The van der Waals surface area contributed by atoms with E-state index in [1.165, 1.54) is 12.1 Å². The van der Waals surface area contributed by atoms with Gasteiger partial charge in [-0.05, 0) is 51.7 Å². The van der Waals surface area contributed by atoms with Crippen molar-refractivity contribution in [3.05, 3.63) is 63.1 Å². The number of H-pyrrole nitrogens is 1. The Kier molecular flexibility index (Phi) is 5.50. The molecule has 1 aromatic carbocycles. The van der Waals surface area contributed by atoms with Gasteiger partial charge in [-0.25, -0.2) is 9.37 Å². The van der Waals surface area contributed by atoms with Crippen LogP contribution in [0.3, 0.4) is 0 Å². The number of nitrogens with zero attached hydrogens (tertiary/aromatic N) is 3. The molecule has 7 heteroatoms. The van der Waals surface area contributed by atoms with Crippen LogP contribution in [0.15, 0.2) is 29.1 Å². The molecule has 0 bridgehead atoms. The van der Waals surface area contributed by atoms with E-state index in [4.69, 9.17) is 4.98 Å². The number of piperidine rings is 1. The van der Waals surface area contributed by atoms with Crippen LogP contribution >= 0.6 is 0 Å². The van der Waals surface area contributed by atoms with Gasteiger partial charge < -0.3 is 9.88 Å². The molecule has 0 aliphatic carbocycles. The molecule has 1 saturated heterocycles. The highest BCUT2D eigenvalue weighted by molar-refractivity contribution is 5.94. The first kappa shape index (κ1) is 19.8. The molecule has 0 spiro atoms. The molecule has 1 amide bonds. The van der Waals surface area contributed by atoms with E-state index in [1.807, 2.05) is 0 Å². The van der Waals surface area contributed by atoms with Crippen LogP contribution in [0.2, 0.25) is 0 Å². The van der Waals surface area contributed by atoms with Gasteiger partial charge in [0.25, 0.3) is 11.5 Å². The summed E-state index contributed by atoms with van der Waals surface area (Å²) in [5.74, 6) is -0.359. The first-order valence-electron chi connectivity index (χ1n) is 10.4. The molecule has 1 aromatic heterocycles. The highest BCUT2D eigenvalue weighted by Crippen LogP contribution is 2.31. The maximum absolute atomic E-state index is 14.2. The van der Waals surface area contributed by atoms with Gasteiger partial charge in [0.2, 0.25) is 0 Å². The number of fused-ring (bicyclic) bond motifs is 1. The third-order valence-electron chi connectivity index (χ3n) is 6.04. The van der Waals surface area contributed by atoms with E-state index in [0.29, 0.717) is 37.8 Å². The summed E-state index contributed by atoms with van der Waals surface area (Å²) in [5, 5.41) is 0. The Labute approximate surface area is 169 Å². The Morgan fingerprint density at radius 1 is 1.24 bits per heavy atom. The van der Waals surface area contributed by atoms with E-state index in [2.05, 4.69) is 23.7 Å². The second-order valence-electron chi connectivity index (χ2n) is 8.18. The predicted octanol–water partition coefficient (Wildman–Crippen LogP) is 3.04. The molecule has 1 N–H and O–H groups in total. The standard InChI is InChI=1S/C22H27FN4O2/c1-14(2)26-12-10-16-18(13-26)24-20(25-21(16)28)19-9-5-6-11-27(19)22(29)15-7-3-4-8-17(15)23/h3-4,7-8,14,19H,5-6,9-13H2,1-2H3,(H,24,25,28). The summed E-state index contributed by atoms with van der Waals surface area (Å²) in [7, 11) is 0. The van der Waals surface area contributed by atoms with Crippen LogP contribution in [0.1, 0.15) is 66.6 Å². The molecule has 4 rings (SSSR count). The fourth-order valence-electron chi connectivity index (χ4n) is 4.33. The third kappa shape index (κ3) is 3.83. The monoisotopic (exact) mass is 398 g/mol. The summed E-state index contributed by atoms with van der Waals surface area (Å²) in [6.45, 7) is 6.27. The second kappa shape index (κ2) is 8.06. The predicted molar refractivity (Wildman–Crippen MR) is 108 cm³/mol. The lowest BCUT2D eigenvalue weighted by atomic mass is 9.99. The summed E-state index contributed by atoms with van der Waals surface area (Å²) in [6.07, 6.45) is 3.17. The zero-order chi connectivity index (χ0) is 20.5. The maximum Gasteiger partial charge on any atom is 0.257 e. The number of amides is 1. The van der Waals surface area contributed by atoms with E-state index in [1.54, 1.807) is 17.0 Å². The summed E-state index contributed by atoms with van der Waals surface area (Å²) < 4.78 is 14.2. The molecule has 3 heterocycles. The lowest BCUT2D eigenvalue weighted by Gasteiger charge is -2.36. The van der Waals surface area contributed by atoms with Crippen molar-refractivity contribution in [3.63, 3.8) is 0 Å². The van der Waals surface area contributed by atoms with Gasteiger partial charge in [0.15, 0.2) is 0 Å². The Hall–Kier alpha value is -2.54. The Morgan fingerprint density at radius 3 is 2.79 bits per heavy atom. The number of rotatable bonds is 3. The molecule has 2 aliphatic heterocycles. The molecular formula is C22H27FN4O2. The normalized spacial score (nSPS) is 20.0. The number of hydrogen-bond acceptors (Lipinski definition) is 4. The minimum atomic E-state index is -0.527. The van der Waals surface area contributed by atoms with E-state index in [0.717, 1.165) is 30.6 Å². The number of halogens is 1. The zero-order valence-electron chi connectivity index (χ0n) is 16.9. The van der Waals surface area contributed by atoms with Crippen molar-refractivity contribution in [1.82, 2.24) is 19.8 Å². The zero-order valence-corrected chi connectivity index (χ0v) is 16.9. The van der Waals surface area contributed by atoms with Gasteiger partial charge in [-0.15, -0.1) is 0 Å². The number of aromatic nitrogens is 2. The molecular weight excluding hydrogens is 371 g/mol. The number of carbonyl (C=O) groups excluding carboxylic acids is 1. The van der Waals surface area contributed by atoms with Gasteiger partial charge in [-0.2, -0.15) is 0 Å². The lowest BCUT2D eigenvalue weighted by Crippen LogP contribution is -2.42. The van der Waals surface area contributed by atoms with Gasteiger partial charge in [0.1, 0.15) is 11.6 Å². The molecule has 1 unspecified atom stereocenters. The Bertz CT molecular complexity index is 972. The van der Waals surface area contributed by atoms with Crippen molar-refractivity contribution in [3.8, 4) is 0 Å². The SMILES string of the molecule is CC(C)N1CCc2c(nc(C3CCCCN3C(=O)c3ccccc3F)[nH]c2=O)C1. The van der Waals surface area contributed by atoms with Crippen LogP contribution in [0, 0.1) is 5.82 Å². The van der Waals surface area contributed by atoms with Crippen molar-refractivity contribution in [2.45, 2.75) is 58.2 Å². The molecule has 0 saturated carbocycles. The summed E-state index contributed by atoms with van der Waals surface area (Å²) >= 11 is 0. The first-order chi connectivity index (χ1) is 14.0. The van der Waals surface area contributed by atoms with Crippen molar-refractivity contribution in [1.29, 1.82) is 0 Å². The van der Waals surface area contributed by atoms with Gasteiger partial charge in [0, 0.05) is 31.2 Å². The molecule has 0 radical (unpaired) electrons.